The number of carbonyl (C=O) groups is 1. The third kappa shape index (κ3) is 2.06. The second kappa shape index (κ2) is 5.16. The number of nitrogens with two attached hydrogens (primary N) is 1. The largest absolute Gasteiger partial charge is 0.398 e. The topological polar surface area (TPSA) is 58.4 Å². The zero-order valence-electron chi connectivity index (χ0n) is 10.2. The van der Waals surface area contributed by atoms with E-state index >= 15 is 0 Å². The van der Waals surface area contributed by atoms with Gasteiger partial charge in [-0.1, -0.05) is 6.07 Å². The van der Waals surface area contributed by atoms with Crippen LogP contribution in [0.15, 0.2) is 18.2 Å². The number of piperidine rings is 1. The molecule has 0 saturated carbocycles. The third-order valence-electron chi connectivity index (χ3n) is 3.74. The first-order chi connectivity index (χ1) is 8.27. The number of anilines is 1. The molecule has 0 aliphatic carbocycles. The van der Waals surface area contributed by atoms with Crippen LogP contribution in [0.3, 0.4) is 0 Å². The first kappa shape index (κ1) is 13.2. The van der Waals surface area contributed by atoms with Crippen LogP contribution in [0, 0.1) is 0 Å². The minimum absolute atomic E-state index is 0. The number of benzene rings is 1. The minimum Gasteiger partial charge on any atom is -0.398 e. The maximum absolute atomic E-state index is 12.3. The van der Waals surface area contributed by atoms with Crippen LogP contribution in [0.1, 0.15) is 28.8 Å². The fourth-order valence-corrected chi connectivity index (χ4v) is 2.77. The van der Waals surface area contributed by atoms with E-state index in [0.717, 1.165) is 42.7 Å². The van der Waals surface area contributed by atoms with E-state index in [9.17, 15) is 4.79 Å². The highest BCUT2D eigenvalue weighted by atomic mass is 35.5. The zero-order chi connectivity index (χ0) is 11.8. The highest BCUT2D eigenvalue weighted by molar-refractivity contribution is 6.00. The Kier molecular flexibility index (Phi) is 3.78. The van der Waals surface area contributed by atoms with Crippen molar-refractivity contribution in [1.29, 1.82) is 0 Å². The Morgan fingerprint density at radius 3 is 2.89 bits per heavy atom. The Labute approximate surface area is 113 Å². The summed E-state index contributed by atoms with van der Waals surface area (Å²) in [5.74, 6) is 0.140. The van der Waals surface area contributed by atoms with E-state index in [1.165, 1.54) is 0 Å². The Bertz CT molecular complexity index is 458. The number of hydrogen-bond donors (Lipinski definition) is 2. The van der Waals surface area contributed by atoms with E-state index in [0.29, 0.717) is 12.6 Å². The summed E-state index contributed by atoms with van der Waals surface area (Å²) in [6.07, 6.45) is 2.23. The van der Waals surface area contributed by atoms with Gasteiger partial charge in [-0.15, -0.1) is 12.4 Å². The van der Waals surface area contributed by atoms with E-state index < -0.39 is 0 Å². The van der Waals surface area contributed by atoms with Gasteiger partial charge in [-0.25, -0.2) is 0 Å². The first-order valence-corrected chi connectivity index (χ1v) is 6.16. The van der Waals surface area contributed by atoms with Gasteiger partial charge in [0.15, 0.2) is 0 Å². The summed E-state index contributed by atoms with van der Waals surface area (Å²) < 4.78 is 0. The number of rotatable bonds is 1. The Morgan fingerprint density at radius 1 is 1.39 bits per heavy atom. The summed E-state index contributed by atoms with van der Waals surface area (Å²) in [6, 6.07) is 5.93. The van der Waals surface area contributed by atoms with E-state index in [1.807, 2.05) is 23.1 Å². The third-order valence-corrected chi connectivity index (χ3v) is 3.74. The normalized spacial score (nSPS) is 22.6. The molecule has 0 radical (unpaired) electrons. The number of nitrogen functional groups attached to an aromatic ring is 1. The molecule has 3 rings (SSSR count). The monoisotopic (exact) mass is 267 g/mol. The van der Waals surface area contributed by atoms with Gasteiger partial charge in [0.05, 0.1) is 0 Å². The van der Waals surface area contributed by atoms with Gasteiger partial charge in [0.25, 0.3) is 5.91 Å². The predicted octanol–water partition coefficient (Wildman–Crippen LogP) is 1.40. The van der Waals surface area contributed by atoms with Crippen molar-refractivity contribution in [2.45, 2.75) is 25.4 Å². The second-order valence-electron chi connectivity index (χ2n) is 4.81. The quantitative estimate of drug-likeness (QED) is 0.756. The molecule has 2 heterocycles. The lowest BCUT2D eigenvalue weighted by molar-refractivity contribution is 0.0675. The molecule has 1 aromatic rings. The molecule has 5 heteroatoms. The van der Waals surface area contributed by atoms with Crippen molar-refractivity contribution in [3.05, 3.63) is 29.3 Å². The molecule has 2 aliphatic rings. The number of nitrogens with one attached hydrogen (secondary N) is 1. The Balaban J connectivity index is 0.00000120. The van der Waals surface area contributed by atoms with Crippen LogP contribution < -0.4 is 11.1 Å². The van der Waals surface area contributed by atoms with E-state index in [-0.39, 0.29) is 18.3 Å². The lowest BCUT2D eigenvalue weighted by Crippen LogP contribution is -2.46. The van der Waals surface area contributed by atoms with Crippen LogP contribution in [0.2, 0.25) is 0 Å². The van der Waals surface area contributed by atoms with Crippen LogP contribution in [-0.4, -0.2) is 29.9 Å². The summed E-state index contributed by atoms with van der Waals surface area (Å²) in [5.41, 5.74) is 8.46. The molecule has 0 bridgehead atoms. The summed E-state index contributed by atoms with van der Waals surface area (Å²) >= 11 is 0. The highest BCUT2D eigenvalue weighted by Crippen LogP contribution is 2.30. The standard InChI is InChI=1S/C13H17N3O.ClH/c14-12-5-1-4-10-11(12)8-16(13(10)17)9-3-2-6-15-7-9;/h1,4-5,9,15H,2-3,6-8,14H2;1H. The molecule has 1 fully saturated rings. The van der Waals surface area contributed by atoms with Crippen molar-refractivity contribution in [2.24, 2.45) is 0 Å². The molecule has 0 spiro atoms. The molecule has 0 aromatic heterocycles. The van der Waals surface area contributed by atoms with Gasteiger partial charge >= 0.3 is 0 Å². The number of fused-ring (bicyclic) bond motifs is 1. The van der Waals surface area contributed by atoms with Gasteiger partial charge in [0, 0.05) is 35.9 Å². The van der Waals surface area contributed by atoms with Crippen LogP contribution in [0.4, 0.5) is 5.69 Å². The second-order valence-corrected chi connectivity index (χ2v) is 4.81. The van der Waals surface area contributed by atoms with E-state index in [4.69, 9.17) is 5.73 Å². The summed E-state index contributed by atoms with van der Waals surface area (Å²) in [4.78, 5) is 14.3. The SMILES string of the molecule is Cl.Nc1cccc2c1CN(C1CCCNC1)C2=O. The molecule has 2 aliphatic heterocycles. The van der Waals surface area contributed by atoms with Crippen molar-refractivity contribution in [3.63, 3.8) is 0 Å². The lowest BCUT2D eigenvalue weighted by atomic mass is 10.1. The molecule has 1 amide bonds. The van der Waals surface area contributed by atoms with Crippen molar-refractivity contribution >= 4 is 24.0 Å². The zero-order valence-corrected chi connectivity index (χ0v) is 11.0. The van der Waals surface area contributed by atoms with Gasteiger partial charge < -0.3 is 16.0 Å². The fourth-order valence-electron chi connectivity index (χ4n) is 2.77. The molecular weight excluding hydrogens is 250 g/mol. The van der Waals surface area contributed by atoms with Crippen LogP contribution >= 0.6 is 12.4 Å². The van der Waals surface area contributed by atoms with Crippen molar-refractivity contribution in [1.82, 2.24) is 10.2 Å². The molecule has 1 unspecified atom stereocenters. The predicted molar refractivity (Wildman–Crippen MR) is 73.9 cm³/mol. The first-order valence-electron chi connectivity index (χ1n) is 6.16. The summed E-state index contributed by atoms with van der Waals surface area (Å²) in [5, 5.41) is 3.35. The summed E-state index contributed by atoms with van der Waals surface area (Å²) in [7, 11) is 0. The van der Waals surface area contributed by atoms with Gasteiger partial charge in [-0.3, -0.25) is 4.79 Å². The van der Waals surface area contributed by atoms with Crippen LogP contribution in [0.25, 0.3) is 0 Å². The highest BCUT2D eigenvalue weighted by Gasteiger charge is 2.33. The van der Waals surface area contributed by atoms with Crippen LogP contribution in [0.5, 0.6) is 0 Å². The number of amides is 1. The Morgan fingerprint density at radius 2 is 2.22 bits per heavy atom. The van der Waals surface area contributed by atoms with Gasteiger partial charge in [0.2, 0.25) is 0 Å². The van der Waals surface area contributed by atoms with Crippen molar-refractivity contribution in [2.75, 3.05) is 18.8 Å². The smallest absolute Gasteiger partial charge is 0.254 e. The van der Waals surface area contributed by atoms with E-state index in [1.54, 1.807) is 0 Å². The number of nitrogens with zero attached hydrogens (tertiary/aromatic N) is 1. The molecule has 98 valence electrons. The maximum Gasteiger partial charge on any atom is 0.254 e. The molecule has 4 nitrogen and oxygen atoms in total. The molecule has 1 saturated heterocycles. The molecule has 1 aromatic carbocycles. The minimum atomic E-state index is 0. The maximum atomic E-state index is 12.3. The fraction of sp³-hybridized carbons (Fsp3) is 0.462. The van der Waals surface area contributed by atoms with E-state index in [2.05, 4.69) is 5.32 Å². The van der Waals surface area contributed by atoms with Gasteiger partial charge in [-0.2, -0.15) is 0 Å². The number of halogens is 1. The molecule has 3 N–H and O–H groups in total. The lowest BCUT2D eigenvalue weighted by Gasteiger charge is -2.31. The summed E-state index contributed by atoms with van der Waals surface area (Å²) in [6.45, 7) is 2.64. The number of hydrogen-bond acceptors (Lipinski definition) is 3. The van der Waals surface area contributed by atoms with Crippen LogP contribution in [-0.2, 0) is 6.54 Å². The van der Waals surface area contributed by atoms with Gasteiger partial charge in [-0.05, 0) is 31.5 Å². The average Bonchev–Trinajstić information content (AvgIpc) is 2.70. The molecular formula is C13H18ClN3O. The average molecular weight is 268 g/mol. The van der Waals surface area contributed by atoms with Crippen molar-refractivity contribution < 1.29 is 4.79 Å². The number of carbonyl (C=O) groups excluding carboxylic acids is 1. The van der Waals surface area contributed by atoms with Crippen molar-refractivity contribution in [3.8, 4) is 0 Å². The Hall–Kier alpha value is -1.26. The molecule has 1 atom stereocenters. The van der Waals surface area contributed by atoms with Gasteiger partial charge in [0.1, 0.15) is 0 Å². The molecule has 18 heavy (non-hydrogen) atoms.